The van der Waals surface area contributed by atoms with E-state index in [1.807, 2.05) is 0 Å². The third kappa shape index (κ3) is 6.04. The van der Waals surface area contributed by atoms with Crippen LogP contribution in [0.1, 0.15) is 41.8 Å². The molecule has 33 heavy (non-hydrogen) atoms. The van der Waals surface area contributed by atoms with E-state index in [0.717, 1.165) is 31.6 Å². The normalized spacial score (nSPS) is 11.1. The SMILES string of the molecule is CCN(CC)CCCNc1cc(-c2cc(C(=O)c3ccc(C)cc3F)ccc2O)nc(N)n1. The zero-order valence-corrected chi connectivity index (χ0v) is 19.2. The molecule has 0 spiro atoms. The van der Waals surface area contributed by atoms with Crippen LogP contribution in [0.5, 0.6) is 5.75 Å². The van der Waals surface area contributed by atoms with Gasteiger partial charge in [0.05, 0.1) is 11.3 Å². The first-order valence-electron chi connectivity index (χ1n) is 11.1. The Kier molecular flexibility index (Phi) is 7.95. The first kappa shape index (κ1) is 24.1. The first-order valence-corrected chi connectivity index (χ1v) is 11.1. The van der Waals surface area contributed by atoms with Gasteiger partial charge in [-0.15, -0.1) is 0 Å². The van der Waals surface area contributed by atoms with Gasteiger partial charge in [-0.1, -0.05) is 19.9 Å². The minimum Gasteiger partial charge on any atom is -0.507 e. The van der Waals surface area contributed by atoms with Crippen molar-refractivity contribution in [1.82, 2.24) is 14.9 Å². The number of nitrogens with two attached hydrogens (primary N) is 1. The van der Waals surface area contributed by atoms with Crippen LogP contribution in [0.3, 0.4) is 0 Å². The number of phenolic OH excluding ortho intramolecular Hbond substituents is 1. The van der Waals surface area contributed by atoms with E-state index in [9.17, 15) is 14.3 Å². The lowest BCUT2D eigenvalue weighted by Gasteiger charge is -2.18. The summed E-state index contributed by atoms with van der Waals surface area (Å²) in [4.78, 5) is 23.7. The van der Waals surface area contributed by atoms with Crippen LogP contribution < -0.4 is 11.1 Å². The highest BCUT2D eigenvalue weighted by molar-refractivity contribution is 6.10. The predicted octanol–water partition coefficient (Wildman–Crippen LogP) is 4.25. The molecule has 0 fully saturated rings. The van der Waals surface area contributed by atoms with Crippen molar-refractivity contribution in [1.29, 1.82) is 0 Å². The highest BCUT2D eigenvalue weighted by atomic mass is 19.1. The maximum absolute atomic E-state index is 14.3. The Balaban J connectivity index is 1.83. The Labute approximate surface area is 193 Å². The van der Waals surface area contributed by atoms with Crippen molar-refractivity contribution in [3.63, 3.8) is 0 Å². The second-order valence-corrected chi connectivity index (χ2v) is 7.85. The summed E-state index contributed by atoms with van der Waals surface area (Å²) in [7, 11) is 0. The Morgan fingerprint density at radius 2 is 1.88 bits per heavy atom. The van der Waals surface area contributed by atoms with Gasteiger partial charge < -0.3 is 21.1 Å². The molecule has 0 bridgehead atoms. The largest absolute Gasteiger partial charge is 0.507 e. The quantitative estimate of drug-likeness (QED) is 0.313. The van der Waals surface area contributed by atoms with Gasteiger partial charge in [0.25, 0.3) is 0 Å². The van der Waals surface area contributed by atoms with Gasteiger partial charge in [0.2, 0.25) is 5.95 Å². The number of nitrogens with one attached hydrogen (secondary N) is 1. The Morgan fingerprint density at radius 3 is 2.58 bits per heavy atom. The fourth-order valence-corrected chi connectivity index (χ4v) is 3.60. The van der Waals surface area contributed by atoms with Gasteiger partial charge in [-0.25, -0.2) is 9.37 Å². The molecule has 0 atom stereocenters. The summed E-state index contributed by atoms with van der Waals surface area (Å²) >= 11 is 0. The van der Waals surface area contributed by atoms with Gasteiger partial charge in [-0.3, -0.25) is 4.79 Å². The van der Waals surface area contributed by atoms with E-state index in [-0.39, 0.29) is 22.8 Å². The number of rotatable bonds is 10. The number of nitrogen functional groups attached to an aromatic ring is 1. The number of aromatic hydroxyl groups is 1. The topological polar surface area (TPSA) is 104 Å². The van der Waals surface area contributed by atoms with Crippen LogP contribution in [0, 0.1) is 12.7 Å². The fraction of sp³-hybridized carbons (Fsp3) is 0.320. The molecule has 2 aromatic carbocycles. The van der Waals surface area contributed by atoms with Crippen LogP contribution in [0.2, 0.25) is 0 Å². The number of carbonyl (C=O) groups is 1. The molecular formula is C25H30FN5O2. The van der Waals surface area contributed by atoms with E-state index in [1.165, 1.54) is 30.3 Å². The summed E-state index contributed by atoms with van der Waals surface area (Å²) in [6.07, 6.45) is 0.929. The number of halogens is 1. The summed E-state index contributed by atoms with van der Waals surface area (Å²) in [5.74, 6) is -0.568. The number of benzene rings is 2. The lowest BCUT2D eigenvalue weighted by molar-refractivity contribution is 0.103. The number of hydrogen-bond acceptors (Lipinski definition) is 7. The maximum atomic E-state index is 14.3. The molecule has 1 aromatic heterocycles. The molecule has 7 nitrogen and oxygen atoms in total. The van der Waals surface area contributed by atoms with Crippen molar-refractivity contribution in [3.05, 3.63) is 65.0 Å². The number of aromatic nitrogens is 2. The van der Waals surface area contributed by atoms with Crippen LogP contribution in [0.4, 0.5) is 16.2 Å². The van der Waals surface area contributed by atoms with E-state index in [1.54, 1.807) is 19.1 Å². The molecular weight excluding hydrogens is 421 g/mol. The van der Waals surface area contributed by atoms with Crippen molar-refractivity contribution in [2.45, 2.75) is 27.2 Å². The summed E-state index contributed by atoms with van der Waals surface area (Å²) in [5.41, 5.74) is 7.50. The van der Waals surface area contributed by atoms with Crippen molar-refractivity contribution >= 4 is 17.5 Å². The first-order chi connectivity index (χ1) is 15.8. The van der Waals surface area contributed by atoms with Crippen LogP contribution in [0.15, 0.2) is 42.5 Å². The van der Waals surface area contributed by atoms with E-state index in [2.05, 4.69) is 34.0 Å². The monoisotopic (exact) mass is 451 g/mol. The second kappa shape index (κ2) is 10.9. The molecule has 174 valence electrons. The van der Waals surface area contributed by atoms with Gasteiger partial charge in [0.1, 0.15) is 17.4 Å². The summed E-state index contributed by atoms with van der Waals surface area (Å²) < 4.78 is 14.3. The zero-order valence-electron chi connectivity index (χ0n) is 19.2. The molecule has 0 aliphatic rings. The van der Waals surface area contributed by atoms with Gasteiger partial charge in [0.15, 0.2) is 5.78 Å². The van der Waals surface area contributed by atoms with Crippen molar-refractivity contribution in [2.75, 3.05) is 37.2 Å². The van der Waals surface area contributed by atoms with Crippen molar-refractivity contribution in [3.8, 4) is 17.0 Å². The third-order valence-electron chi connectivity index (χ3n) is 5.50. The molecule has 0 radical (unpaired) electrons. The second-order valence-electron chi connectivity index (χ2n) is 7.85. The Hall–Kier alpha value is -3.52. The molecule has 0 unspecified atom stereocenters. The molecule has 0 saturated heterocycles. The van der Waals surface area contributed by atoms with Crippen molar-refractivity contribution < 1.29 is 14.3 Å². The number of phenols is 1. The van der Waals surface area contributed by atoms with Gasteiger partial charge in [-0.05, 0) is 68.9 Å². The Bertz CT molecular complexity index is 1130. The summed E-state index contributed by atoms with van der Waals surface area (Å²) in [6.45, 7) is 9.69. The molecule has 0 aliphatic heterocycles. The third-order valence-corrected chi connectivity index (χ3v) is 5.50. The molecule has 4 N–H and O–H groups in total. The van der Waals surface area contributed by atoms with E-state index in [0.29, 0.717) is 23.6 Å². The molecule has 0 amide bonds. The Morgan fingerprint density at radius 1 is 1.12 bits per heavy atom. The average Bonchev–Trinajstić information content (AvgIpc) is 2.79. The van der Waals surface area contributed by atoms with Gasteiger partial charge in [0, 0.05) is 23.7 Å². The number of anilines is 2. The molecule has 0 aliphatic carbocycles. The minimum absolute atomic E-state index is 0.0324. The summed E-state index contributed by atoms with van der Waals surface area (Å²) in [5, 5.41) is 13.7. The molecule has 3 aromatic rings. The molecule has 8 heteroatoms. The standard InChI is InChI=1S/C25H30FN5O2/c1-4-31(5-2)12-6-11-28-23-15-21(29-25(27)30-23)19-14-17(8-10-22(19)32)24(33)18-9-7-16(3)13-20(18)26/h7-10,13-15,32H,4-6,11-12H2,1-3H3,(H3,27,28,29,30). The number of carbonyl (C=O) groups excluding carboxylic acids is 1. The number of hydrogen-bond donors (Lipinski definition) is 3. The lowest BCUT2D eigenvalue weighted by Crippen LogP contribution is -2.25. The molecule has 3 rings (SSSR count). The molecule has 1 heterocycles. The van der Waals surface area contributed by atoms with Crippen LogP contribution >= 0.6 is 0 Å². The summed E-state index contributed by atoms with van der Waals surface area (Å²) in [6, 6.07) is 10.5. The average molecular weight is 452 g/mol. The van der Waals surface area contributed by atoms with E-state index in [4.69, 9.17) is 5.73 Å². The smallest absolute Gasteiger partial charge is 0.222 e. The number of nitrogens with zero attached hydrogens (tertiary/aromatic N) is 3. The highest BCUT2D eigenvalue weighted by Gasteiger charge is 2.17. The number of ketones is 1. The van der Waals surface area contributed by atoms with Gasteiger partial charge in [-0.2, -0.15) is 4.98 Å². The highest BCUT2D eigenvalue weighted by Crippen LogP contribution is 2.31. The fourth-order valence-electron chi connectivity index (χ4n) is 3.60. The van der Waals surface area contributed by atoms with Crippen molar-refractivity contribution in [2.24, 2.45) is 0 Å². The zero-order chi connectivity index (χ0) is 24.0. The lowest BCUT2D eigenvalue weighted by atomic mass is 9.98. The minimum atomic E-state index is -0.586. The maximum Gasteiger partial charge on any atom is 0.222 e. The van der Waals surface area contributed by atoms with Crippen LogP contribution in [-0.4, -0.2) is 51.9 Å². The predicted molar refractivity (Wildman–Crippen MR) is 129 cm³/mol. The van der Waals surface area contributed by atoms with Gasteiger partial charge >= 0.3 is 0 Å². The van der Waals surface area contributed by atoms with E-state index >= 15 is 0 Å². The van der Waals surface area contributed by atoms with Crippen LogP contribution in [0.25, 0.3) is 11.3 Å². The molecule has 0 saturated carbocycles. The van der Waals surface area contributed by atoms with Crippen LogP contribution in [-0.2, 0) is 0 Å². The van der Waals surface area contributed by atoms with E-state index < -0.39 is 11.6 Å². The number of aryl methyl sites for hydroxylation is 1.